The van der Waals surface area contributed by atoms with E-state index in [0.29, 0.717) is 17.5 Å². The highest BCUT2D eigenvalue weighted by Gasteiger charge is 2.36. The van der Waals surface area contributed by atoms with Gasteiger partial charge < -0.3 is 9.88 Å². The first-order chi connectivity index (χ1) is 13.8. The molecule has 2 aliphatic carbocycles. The van der Waals surface area contributed by atoms with Crippen LogP contribution in [0.4, 0.5) is 5.69 Å². The summed E-state index contributed by atoms with van der Waals surface area (Å²) < 4.78 is 2.38. The average Bonchev–Trinajstić information content (AvgIpc) is 3.66. The van der Waals surface area contributed by atoms with E-state index in [0.717, 1.165) is 16.6 Å². The van der Waals surface area contributed by atoms with E-state index < -0.39 is 0 Å². The quantitative estimate of drug-likeness (QED) is 0.575. The molecule has 0 aliphatic heterocycles. The van der Waals surface area contributed by atoms with Crippen molar-refractivity contribution in [1.29, 1.82) is 0 Å². The van der Waals surface area contributed by atoms with Gasteiger partial charge in [-0.2, -0.15) is 0 Å². The number of aromatic nitrogens is 3. The van der Waals surface area contributed by atoms with Gasteiger partial charge in [0.2, 0.25) is 0 Å². The third-order valence-corrected chi connectivity index (χ3v) is 6.18. The van der Waals surface area contributed by atoms with Gasteiger partial charge in [0.15, 0.2) is 5.16 Å². The monoisotopic (exact) mass is 390 g/mol. The van der Waals surface area contributed by atoms with Gasteiger partial charge in [0.25, 0.3) is 5.91 Å². The molecule has 0 atom stereocenters. The topological polar surface area (TPSA) is 59.8 Å². The van der Waals surface area contributed by atoms with Crippen molar-refractivity contribution >= 4 is 23.4 Å². The second kappa shape index (κ2) is 7.43. The van der Waals surface area contributed by atoms with Crippen molar-refractivity contribution < 1.29 is 4.79 Å². The summed E-state index contributed by atoms with van der Waals surface area (Å²) in [5.74, 6) is 2.56. The number of benzene rings is 2. The lowest BCUT2D eigenvalue weighted by molar-refractivity contribution is 0.102. The number of nitrogens with one attached hydrogen (secondary N) is 1. The molecule has 3 aromatic rings. The number of nitrogens with zero attached hydrogens (tertiary/aromatic N) is 3. The number of amides is 1. The molecule has 2 aromatic carbocycles. The van der Waals surface area contributed by atoms with Crippen molar-refractivity contribution in [2.24, 2.45) is 0 Å². The molecule has 5 rings (SSSR count). The Morgan fingerprint density at radius 3 is 2.43 bits per heavy atom. The van der Waals surface area contributed by atoms with Crippen LogP contribution in [-0.4, -0.2) is 20.7 Å². The summed E-state index contributed by atoms with van der Waals surface area (Å²) in [5, 5.41) is 12.9. The summed E-state index contributed by atoms with van der Waals surface area (Å²) in [6.07, 6.45) is 5.00. The van der Waals surface area contributed by atoms with Crippen molar-refractivity contribution in [1.82, 2.24) is 14.8 Å². The van der Waals surface area contributed by atoms with Crippen molar-refractivity contribution in [2.75, 3.05) is 5.32 Å². The first-order valence-electron chi connectivity index (χ1n) is 9.81. The fourth-order valence-corrected chi connectivity index (χ4v) is 4.28. The van der Waals surface area contributed by atoms with Crippen LogP contribution in [0.15, 0.2) is 59.8 Å². The van der Waals surface area contributed by atoms with Crippen LogP contribution in [-0.2, 0) is 5.75 Å². The molecule has 0 spiro atoms. The molecule has 1 amide bonds. The first kappa shape index (κ1) is 17.5. The number of hydrogen-bond donors (Lipinski definition) is 1. The Morgan fingerprint density at radius 2 is 1.75 bits per heavy atom. The molecule has 1 aromatic heterocycles. The standard InChI is InChI=1S/C22H22N4OS/c27-21(23-18-4-2-1-3-5-18)17-8-6-15(7-9-17)14-28-22-25-24-20(16-10-11-16)26(22)19-12-13-19/h1-9,16,19H,10-14H2,(H,23,27). The van der Waals surface area contributed by atoms with Gasteiger partial charge in [0, 0.05) is 29.0 Å². The predicted molar refractivity (Wildman–Crippen MR) is 111 cm³/mol. The van der Waals surface area contributed by atoms with Crippen molar-refractivity contribution in [3.63, 3.8) is 0 Å². The Balaban J connectivity index is 1.23. The van der Waals surface area contributed by atoms with Gasteiger partial charge in [0.1, 0.15) is 5.82 Å². The van der Waals surface area contributed by atoms with E-state index in [1.807, 2.05) is 54.6 Å². The van der Waals surface area contributed by atoms with Crippen LogP contribution in [0.5, 0.6) is 0 Å². The normalized spacial score (nSPS) is 16.1. The fourth-order valence-electron chi connectivity index (χ4n) is 3.31. The number of hydrogen-bond acceptors (Lipinski definition) is 4. The Hall–Kier alpha value is -2.60. The molecule has 6 heteroatoms. The first-order valence-corrected chi connectivity index (χ1v) is 10.8. The maximum atomic E-state index is 12.4. The Kier molecular flexibility index (Phi) is 4.64. The Morgan fingerprint density at radius 1 is 1.00 bits per heavy atom. The molecule has 1 heterocycles. The van der Waals surface area contributed by atoms with Crippen molar-refractivity contribution in [2.45, 2.75) is 48.6 Å². The molecule has 2 saturated carbocycles. The maximum absolute atomic E-state index is 12.4. The van der Waals surface area contributed by atoms with Gasteiger partial charge in [-0.3, -0.25) is 4.79 Å². The number of carbonyl (C=O) groups is 1. The van der Waals surface area contributed by atoms with Crippen LogP contribution in [0.2, 0.25) is 0 Å². The van der Waals surface area contributed by atoms with Crippen molar-refractivity contribution in [3.05, 3.63) is 71.5 Å². The third-order valence-electron chi connectivity index (χ3n) is 5.16. The van der Waals surface area contributed by atoms with Gasteiger partial charge in [-0.05, 0) is 55.5 Å². The summed E-state index contributed by atoms with van der Waals surface area (Å²) in [6.45, 7) is 0. The van der Waals surface area contributed by atoms with E-state index in [4.69, 9.17) is 0 Å². The lowest BCUT2D eigenvalue weighted by Crippen LogP contribution is -2.11. The van der Waals surface area contributed by atoms with E-state index in [1.54, 1.807) is 11.8 Å². The minimum Gasteiger partial charge on any atom is -0.322 e. The second-order valence-electron chi connectivity index (χ2n) is 7.52. The summed E-state index contributed by atoms with van der Waals surface area (Å²) >= 11 is 1.74. The lowest BCUT2D eigenvalue weighted by atomic mass is 10.1. The Labute approximate surface area is 168 Å². The minimum absolute atomic E-state index is 0.0899. The van der Waals surface area contributed by atoms with E-state index in [2.05, 4.69) is 20.1 Å². The number of thioether (sulfide) groups is 1. The van der Waals surface area contributed by atoms with Gasteiger partial charge in [-0.25, -0.2) is 0 Å². The van der Waals surface area contributed by atoms with Gasteiger partial charge in [-0.1, -0.05) is 42.1 Å². The molecule has 0 bridgehead atoms. The average molecular weight is 391 g/mol. The number of para-hydroxylation sites is 1. The fraction of sp³-hybridized carbons (Fsp3) is 0.318. The molecule has 0 unspecified atom stereocenters. The SMILES string of the molecule is O=C(Nc1ccccc1)c1ccc(CSc2nnc(C3CC3)n2C2CC2)cc1. The molecule has 0 saturated heterocycles. The highest BCUT2D eigenvalue weighted by atomic mass is 32.2. The molecule has 142 valence electrons. The zero-order valence-electron chi connectivity index (χ0n) is 15.5. The molecule has 2 fully saturated rings. The van der Waals surface area contributed by atoms with Crippen LogP contribution < -0.4 is 5.32 Å². The summed E-state index contributed by atoms with van der Waals surface area (Å²) in [7, 11) is 0. The highest BCUT2D eigenvalue weighted by molar-refractivity contribution is 7.98. The minimum atomic E-state index is -0.0899. The number of rotatable bonds is 7. The van der Waals surface area contributed by atoms with E-state index in [1.165, 1.54) is 37.1 Å². The molecular weight excluding hydrogens is 368 g/mol. The summed E-state index contributed by atoms with van der Waals surface area (Å²) in [4.78, 5) is 12.4. The molecule has 2 aliphatic rings. The van der Waals surface area contributed by atoms with E-state index in [9.17, 15) is 4.79 Å². The van der Waals surface area contributed by atoms with Crippen LogP contribution in [0, 0.1) is 0 Å². The van der Waals surface area contributed by atoms with Gasteiger partial charge >= 0.3 is 0 Å². The Bertz CT molecular complexity index is 976. The summed E-state index contributed by atoms with van der Waals surface area (Å²) in [6, 6.07) is 17.9. The van der Waals surface area contributed by atoms with Gasteiger partial charge in [0.05, 0.1) is 0 Å². The molecule has 28 heavy (non-hydrogen) atoms. The predicted octanol–water partition coefficient (Wildman–Crippen LogP) is 5.04. The smallest absolute Gasteiger partial charge is 0.255 e. The zero-order valence-corrected chi connectivity index (χ0v) is 16.4. The highest BCUT2D eigenvalue weighted by Crippen LogP contribution is 2.46. The van der Waals surface area contributed by atoms with Crippen LogP contribution in [0.3, 0.4) is 0 Å². The van der Waals surface area contributed by atoms with Gasteiger partial charge in [-0.15, -0.1) is 10.2 Å². The summed E-state index contributed by atoms with van der Waals surface area (Å²) in [5.41, 5.74) is 2.65. The van der Waals surface area contributed by atoms with Crippen molar-refractivity contribution in [3.8, 4) is 0 Å². The number of carbonyl (C=O) groups excluding carboxylic acids is 1. The third kappa shape index (κ3) is 3.83. The molecule has 5 nitrogen and oxygen atoms in total. The molecule has 1 N–H and O–H groups in total. The van der Waals surface area contributed by atoms with Crippen LogP contribution in [0.25, 0.3) is 0 Å². The second-order valence-corrected chi connectivity index (χ2v) is 8.46. The molecule has 0 radical (unpaired) electrons. The van der Waals surface area contributed by atoms with Crippen LogP contribution in [0.1, 0.15) is 59.4 Å². The van der Waals surface area contributed by atoms with Crippen LogP contribution >= 0.6 is 11.8 Å². The van der Waals surface area contributed by atoms with E-state index in [-0.39, 0.29) is 5.91 Å². The maximum Gasteiger partial charge on any atom is 0.255 e. The largest absolute Gasteiger partial charge is 0.322 e. The zero-order chi connectivity index (χ0) is 18.9. The number of anilines is 1. The van der Waals surface area contributed by atoms with E-state index >= 15 is 0 Å². The lowest BCUT2D eigenvalue weighted by Gasteiger charge is -2.08. The molecular formula is C22H22N4OS.